The number of rotatable bonds is 6. The maximum Gasteiger partial charge on any atom is 0.224 e. The molecule has 1 heterocycles. The number of carbonyl (C=O) groups is 1. The molecule has 0 aliphatic rings. The number of hydrogen-bond donors (Lipinski definition) is 2. The minimum Gasteiger partial charge on any atom is -0.348 e. The van der Waals surface area contributed by atoms with E-state index in [2.05, 4.69) is 39.6 Å². The van der Waals surface area contributed by atoms with Crippen LogP contribution in [0.15, 0.2) is 67.1 Å². The Morgan fingerprint density at radius 3 is 2.43 bits per heavy atom. The number of H-pyrrole nitrogens is 1. The van der Waals surface area contributed by atoms with Crippen LogP contribution in [0.1, 0.15) is 23.2 Å². The van der Waals surface area contributed by atoms with Crippen LogP contribution in [0.25, 0.3) is 0 Å². The lowest BCUT2D eigenvalue weighted by molar-refractivity contribution is -0.116. The van der Waals surface area contributed by atoms with Crippen LogP contribution in [-0.2, 0) is 17.6 Å². The lowest BCUT2D eigenvalue weighted by Gasteiger charge is -2.06. The summed E-state index contributed by atoms with van der Waals surface area (Å²) in [6, 6.07) is 17.9. The zero-order valence-electron chi connectivity index (χ0n) is 12.8. The molecule has 0 fully saturated rings. The smallest absolute Gasteiger partial charge is 0.224 e. The van der Waals surface area contributed by atoms with E-state index in [-0.39, 0.29) is 5.91 Å². The van der Waals surface area contributed by atoms with Crippen molar-refractivity contribution in [3.63, 3.8) is 0 Å². The Balaban J connectivity index is 1.49. The van der Waals surface area contributed by atoms with Gasteiger partial charge in [0.05, 0.1) is 6.33 Å². The van der Waals surface area contributed by atoms with Crippen molar-refractivity contribution >= 4 is 11.6 Å². The lowest BCUT2D eigenvalue weighted by Crippen LogP contribution is -2.12. The SMILES string of the molecule is O=C(CCc1ccc(Cc2cnc[nH]2)cc1)Nc1ccccc1. The number of hydrogen-bond acceptors (Lipinski definition) is 2. The quantitative estimate of drug-likeness (QED) is 0.731. The number of anilines is 1. The summed E-state index contributed by atoms with van der Waals surface area (Å²) < 4.78 is 0. The van der Waals surface area contributed by atoms with Crippen LogP contribution in [0.4, 0.5) is 5.69 Å². The Bertz CT molecular complexity index is 734. The van der Waals surface area contributed by atoms with E-state index in [0.717, 1.165) is 24.2 Å². The summed E-state index contributed by atoms with van der Waals surface area (Å²) in [6.07, 6.45) is 5.59. The fourth-order valence-electron chi connectivity index (χ4n) is 2.43. The molecule has 1 aromatic heterocycles. The lowest BCUT2D eigenvalue weighted by atomic mass is 10.0. The van der Waals surface area contributed by atoms with Crippen LogP contribution in [0.5, 0.6) is 0 Å². The number of amides is 1. The van der Waals surface area contributed by atoms with Gasteiger partial charge in [0.25, 0.3) is 0 Å². The van der Waals surface area contributed by atoms with Gasteiger partial charge in [-0.15, -0.1) is 0 Å². The Labute approximate surface area is 135 Å². The Morgan fingerprint density at radius 2 is 1.74 bits per heavy atom. The third-order valence-electron chi connectivity index (χ3n) is 3.67. The summed E-state index contributed by atoms with van der Waals surface area (Å²) in [5.41, 5.74) is 4.33. The topological polar surface area (TPSA) is 57.8 Å². The predicted molar refractivity (Wildman–Crippen MR) is 91.2 cm³/mol. The number of nitrogens with zero attached hydrogens (tertiary/aromatic N) is 1. The van der Waals surface area contributed by atoms with Crippen molar-refractivity contribution in [2.75, 3.05) is 5.32 Å². The van der Waals surface area contributed by atoms with E-state index in [9.17, 15) is 4.79 Å². The molecule has 23 heavy (non-hydrogen) atoms. The van der Waals surface area contributed by atoms with Gasteiger partial charge < -0.3 is 10.3 Å². The molecule has 2 aromatic carbocycles. The molecule has 0 aliphatic heterocycles. The van der Waals surface area contributed by atoms with Crippen molar-refractivity contribution in [1.82, 2.24) is 9.97 Å². The average molecular weight is 305 g/mol. The molecule has 0 unspecified atom stereocenters. The first-order chi connectivity index (χ1) is 11.3. The van der Waals surface area contributed by atoms with Crippen LogP contribution in [0.3, 0.4) is 0 Å². The van der Waals surface area contributed by atoms with Crippen molar-refractivity contribution in [3.8, 4) is 0 Å². The molecule has 0 aliphatic carbocycles. The van der Waals surface area contributed by atoms with Gasteiger partial charge in [0, 0.05) is 30.4 Å². The van der Waals surface area contributed by atoms with Crippen LogP contribution in [-0.4, -0.2) is 15.9 Å². The van der Waals surface area contributed by atoms with Gasteiger partial charge in [-0.1, -0.05) is 42.5 Å². The van der Waals surface area contributed by atoms with E-state index in [1.807, 2.05) is 36.5 Å². The molecule has 0 radical (unpaired) electrons. The number of carbonyl (C=O) groups excluding carboxylic acids is 1. The highest BCUT2D eigenvalue weighted by molar-refractivity contribution is 5.90. The second-order valence-corrected chi connectivity index (χ2v) is 5.48. The summed E-state index contributed by atoms with van der Waals surface area (Å²) in [7, 11) is 0. The summed E-state index contributed by atoms with van der Waals surface area (Å²) in [5.74, 6) is 0.0396. The second-order valence-electron chi connectivity index (χ2n) is 5.48. The number of imidazole rings is 1. The van der Waals surface area contributed by atoms with Crippen LogP contribution in [0, 0.1) is 0 Å². The molecule has 1 amide bonds. The predicted octanol–water partition coefficient (Wildman–Crippen LogP) is 3.57. The summed E-state index contributed by atoms with van der Waals surface area (Å²) in [6.45, 7) is 0. The zero-order valence-corrected chi connectivity index (χ0v) is 12.8. The molecule has 2 N–H and O–H groups in total. The molecule has 0 spiro atoms. The number of benzene rings is 2. The van der Waals surface area contributed by atoms with Crippen molar-refractivity contribution in [3.05, 3.63) is 83.9 Å². The van der Waals surface area contributed by atoms with Crippen molar-refractivity contribution in [1.29, 1.82) is 0 Å². The number of aryl methyl sites for hydroxylation is 1. The van der Waals surface area contributed by atoms with Crippen molar-refractivity contribution in [2.24, 2.45) is 0 Å². The standard InChI is InChI=1S/C19H19N3O/c23-19(22-17-4-2-1-3-5-17)11-10-15-6-8-16(9-7-15)12-18-13-20-14-21-18/h1-9,13-14H,10-12H2,(H,20,21)(H,22,23). The zero-order chi connectivity index (χ0) is 15.9. The first-order valence-electron chi connectivity index (χ1n) is 7.69. The highest BCUT2D eigenvalue weighted by atomic mass is 16.1. The van der Waals surface area contributed by atoms with Gasteiger partial charge in [0.15, 0.2) is 0 Å². The van der Waals surface area contributed by atoms with E-state index in [0.29, 0.717) is 6.42 Å². The fourth-order valence-corrected chi connectivity index (χ4v) is 2.43. The first-order valence-corrected chi connectivity index (χ1v) is 7.69. The normalized spacial score (nSPS) is 10.4. The van der Waals surface area contributed by atoms with Crippen molar-refractivity contribution in [2.45, 2.75) is 19.3 Å². The molecule has 0 bridgehead atoms. The number of aromatic amines is 1. The molecule has 0 saturated carbocycles. The minimum absolute atomic E-state index is 0.0396. The summed E-state index contributed by atoms with van der Waals surface area (Å²) in [5, 5.41) is 2.90. The summed E-state index contributed by atoms with van der Waals surface area (Å²) >= 11 is 0. The number of para-hydroxylation sites is 1. The molecular formula is C19H19N3O. The Kier molecular flexibility index (Phi) is 4.84. The van der Waals surface area contributed by atoms with E-state index in [4.69, 9.17) is 0 Å². The van der Waals surface area contributed by atoms with Gasteiger partial charge in [0.2, 0.25) is 5.91 Å². The Morgan fingerprint density at radius 1 is 1.00 bits per heavy atom. The van der Waals surface area contributed by atoms with E-state index in [1.54, 1.807) is 6.33 Å². The second kappa shape index (κ2) is 7.40. The molecule has 4 heteroatoms. The Hall–Kier alpha value is -2.88. The van der Waals surface area contributed by atoms with Crippen LogP contribution >= 0.6 is 0 Å². The molecule has 3 aromatic rings. The molecular weight excluding hydrogens is 286 g/mol. The molecule has 3 rings (SSSR count). The fraction of sp³-hybridized carbons (Fsp3) is 0.158. The third kappa shape index (κ3) is 4.54. The monoisotopic (exact) mass is 305 g/mol. The van der Waals surface area contributed by atoms with Gasteiger partial charge in [-0.2, -0.15) is 0 Å². The van der Waals surface area contributed by atoms with E-state index >= 15 is 0 Å². The van der Waals surface area contributed by atoms with Gasteiger partial charge in [-0.25, -0.2) is 4.98 Å². The maximum atomic E-state index is 11.9. The first kappa shape index (κ1) is 15.0. The van der Waals surface area contributed by atoms with Crippen molar-refractivity contribution < 1.29 is 4.79 Å². The largest absolute Gasteiger partial charge is 0.348 e. The number of aromatic nitrogens is 2. The highest BCUT2D eigenvalue weighted by Gasteiger charge is 2.04. The minimum atomic E-state index is 0.0396. The van der Waals surface area contributed by atoms with Gasteiger partial charge in [-0.3, -0.25) is 4.79 Å². The molecule has 0 atom stereocenters. The molecule has 0 saturated heterocycles. The highest BCUT2D eigenvalue weighted by Crippen LogP contribution is 2.11. The van der Waals surface area contributed by atoms with Crippen LogP contribution < -0.4 is 5.32 Å². The van der Waals surface area contributed by atoms with E-state index in [1.165, 1.54) is 11.1 Å². The molecule has 116 valence electrons. The maximum absolute atomic E-state index is 11.9. The summed E-state index contributed by atoms with van der Waals surface area (Å²) in [4.78, 5) is 19.1. The molecule has 4 nitrogen and oxygen atoms in total. The van der Waals surface area contributed by atoms with Gasteiger partial charge >= 0.3 is 0 Å². The third-order valence-corrected chi connectivity index (χ3v) is 3.67. The van der Waals surface area contributed by atoms with E-state index < -0.39 is 0 Å². The van der Waals surface area contributed by atoms with Gasteiger partial charge in [0.1, 0.15) is 0 Å². The average Bonchev–Trinajstić information content (AvgIpc) is 3.08. The van der Waals surface area contributed by atoms with Gasteiger partial charge in [-0.05, 0) is 29.7 Å². The number of nitrogens with one attached hydrogen (secondary N) is 2. The van der Waals surface area contributed by atoms with Crippen LogP contribution in [0.2, 0.25) is 0 Å².